The van der Waals surface area contributed by atoms with Crippen LogP contribution in [0.1, 0.15) is 33.1 Å². The molecule has 4 heteroatoms. The molecule has 0 aromatic rings. The van der Waals surface area contributed by atoms with Gasteiger partial charge in [-0.15, -0.1) is 0 Å². The Kier molecular flexibility index (Phi) is 7.21. The Balaban J connectivity index is 2.04. The molecule has 0 atom stereocenters. The van der Waals surface area contributed by atoms with Crippen LogP contribution in [-0.2, 0) is 9.53 Å². The normalized spacial score (nSPS) is 18.2. The van der Waals surface area contributed by atoms with Gasteiger partial charge in [0.25, 0.3) is 0 Å². The van der Waals surface area contributed by atoms with Crippen molar-refractivity contribution in [3.8, 4) is 0 Å². The number of ether oxygens (including phenoxy) is 1. The highest BCUT2D eigenvalue weighted by Crippen LogP contribution is 2.15. The van der Waals surface area contributed by atoms with E-state index in [0.717, 1.165) is 13.1 Å². The molecular formula is C13H26N2O2. The van der Waals surface area contributed by atoms with Gasteiger partial charge in [-0.25, -0.2) is 0 Å². The summed E-state index contributed by atoms with van der Waals surface area (Å²) in [5, 5.41) is 3.01. The summed E-state index contributed by atoms with van der Waals surface area (Å²) in [7, 11) is 0. The lowest BCUT2D eigenvalue weighted by molar-refractivity contribution is -0.122. The molecule has 0 aromatic carbocycles. The van der Waals surface area contributed by atoms with Crippen LogP contribution in [0.25, 0.3) is 0 Å². The van der Waals surface area contributed by atoms with Gasteiger partial charge in [0.2, 0.25) is 5.91 Å². The lowest BCUT2D eigenvalue weighted by Crippen LogP contribution is -2.38. The van der Waals surface area contributed by atoms with E-state index >= 15 is 0 Å². The molecule has 1 rings (SSSR count). The van der Waals surface area contributed by atoms with Crippen LogP contribution < -0.4 is 5.32 Å². The zero-order chi connectivity index (χ0) is 12.5. The van der Waals surface area contributed by atoms with Crippen LogP contribution in [0.5, 0.6) is 0 Å². The molecule has 1 aliphatic heterocycles. The SMILES string of the molecule is CCOCCC(=O)NCC1CCN(CC)CC1. The Morgan fingerprint density at radius 3 is 2.65 bits per heavy atom. The van der Waals surface area contributed by atoms with Crippen LogP contribution in [0.2, 0.25) is 0 Å². The summed E-state index contributed by atoms with van der Waals surface area (Å²) >= 11 is 0. The molecule has 1 N–H and O–H groups in total. The van der Waals surface area contributed by atoms with Crippen molar-refractivity contribution in [1.82, 2.24) is 10.2 Å². The van der Waals surface area contributed by atoms with Crippen LogP contribution in [0.15, 0.2) is 0 Å². The second kappa shape index (κ2) is 8.48. The van der Waals surface area contributed by atoms with E-state index in [2.05, 4.69) is 17.1 Å². The van der Waals surface area contributed by atoms with Crippen LogP contribution in [0.3, 0.4) is 0 Å². The second-order valence-electron chi connectivity index (χ2n) is 4.63. The summed E-state index contributed by atoms with van der Waals surface area (Å²) in [6.45, 7) is 9.70. The monoisotopic (exact) mass is 242 g/mol. The summed E-state index contributed by atoms with van der Waals surface area (Å²) < 4.78 is 5.16. The lowest BCUT2D eigenvalue weighted by Gasteiger charge is -2.31. The minimum absolute atomic E-state index is 0.122. The molecule has 0 radical (unpaired) electrons. The second-order valence-corrected chi connectivity index (χ2v) is 4.63. The fourth-order valence-corrected chi connectivity index (χ4v) is 2.16. The molecule has 0 bridgehead atoms. The van der Waals surface area contributed by atoms with Gasteiger partial charge in [0.05, 0.1) is 6.61 Å². The molecule has 100 valence electrons. The van der Waals surface area contributed by atoms with Crippen LogP contribution in [-0.4, -0.2) is 50.2 Å². The Bertz CT molecular complexity index is 213. The predicted octanol–water partition coefficient (Wildman–Crippen LogP) is 1.26. The molecule has 0 spiro atoms. The van der Waals surface area contributed by atoms with Gasteiger partial charge >= 0.3 is 0 Å². The van der Waals surface area contributed by atoms with Crippen LogP contribution in [0, 0.1) is 5.92 Å². The summed E-state index contributed by atoms with van der Waals surface area (Å²) in [5.41, 5.74) is 0. The fraction of sp³-hybridized carbons (Fsp3) is 0.923. The predicted molar refractivity (Wildman–Crippen MR) is 69.0 cm³/mol. The Morgan fingerprint density at radius 2 is 2.06 bits per heavy atom. The number of carbonyl (C=O) groups is 1. The summed E-state index contributed by atoms with van der Waals surface area (Å²) in [5.74, 6) is 0.783. The maximum absolute atomic E-state index is 11.5. The molecule has 1 saturated heterocycles. The summed E-state index contributed by atoms with van der Waals surface area (Å²) in [6, 6.07) is 0. The number of hydrogen-bond donors (Lipinski definition) is 1. The van der Waals surface area contributed by atoms with Gasteiger partial charge in [-0.2, -0.15) is 0 Å². The Labute approximate surface area is 105 Å². The standard InChI is InChI=1S/C13H26N2O2/c1-3-15-8-5-12(6-9-15)11-14-13(16)7-10-17-4-2/h12H,3-11H2,1-2H3,(H,14,16). The first-order chi connectivity index (χ1) is 8.26. The van der Waals surface area contributed by atoms with E-state index < -0.39 is 0 Å². The van der Waals surface area contributed by atoms with Gasteiger partial charge in [0, 0.05) is 19.6 Å². The first-order valence-corrected chi connectivity index (χ1v) is 6.83. The number of hydrogen-bond acceptors (Lipinski definition) is 3. The van der Waals surface area contributed by atoms with Gasteiger partial charge in [-0.1, -0.05) is 6.92 Å². The molecule has 1 aliphatic rings. The molecular weight excluding hydrogens is 216 g/mol. The highest BCUT2D eigenvalue weighted by Gasteiger charge is 2.18. The van der Waals surface area contributed by atoms with Gasteiger partial charge < -0.3 is 15.0 Å². The first kappa shape index (κ1) is 14.5. The minimum atomic E-state index is 0.122. The van der Waals surface area contributed by atoms with Gasteiger partial charge in [-0.05, 0) is 45.3 Å². The molecule has 17 heavy (non-hydrogen) atoms. The third kappa shape index (κ3) is 6.03. The molecule has 1 amide bonds. The van der Waals surface area contributed by atoms with Crippen LogP contribution >= 0.6 is 0 Å². The average molecular weight is 242 g/mol. The number of nitrogens with zero attached hydrogens (tertiary/aromatic N) is 1. The topological polar surface area (TPSA) is 41.6 Å². The van der Waals surface area contributed by atoms with E-state index in [1.807, 2.05) is 6.92 Å². The van der Waals surface area contributed by atoms with E-state index in [1.165, 1.54) is 25.9 Å². The molecule has 0 unspecified atom stereocenters. The molecule has 0 aliphatic carbocycles. The third-order valence-corrected chi connectivity index (χ3v) is 3.42. The number of rotatable bonds is 7. The first-order valence-electron chi connectivity index (χ1n) is 6.83. The van der Waals surface area contributed by atoms with Crippen molar-refractivity contribution in [2.24, 2.45) is 5.92 Å². The Morgan fingerprint density at radius 1 is 1.35 bits per heavy atom. The highest BCUT2D eigenvalue weighted by molar-refractivity contribution is 5.75. The highest BCUT2D eigenvalue weighted by atomic mass is 16.5. The Hall–Kier alpha value is -0.610. The van der Waals surface area contributed by atoms with Gasteiger partial charge in [0.15, 0.2) is 0 Å². The van der Waals surface area contributed by atoms with Crippen molar-refractivity contribution >= 4 is 5.91 Å². The number of amides is 1. The number of piperidine rings is 1. The van der Waals surface area contributed by atoms with E-state index in [9.17, 15) is 4.79 Å². The maximum atomic E-state index is 11.5. The quantitative estimate of drug-likeness (QED) is 0.683. The minimum Gasteiger partial charge on any atom is -0.381 e. The van der Waals surface area contributed by atoms with E-state index in [0.29, 0.717) is 25.6 Å². The van der Waals surface area contributed by atoms with Crippen molar-refractivity contribution in [3.63, 3.8) is 0 Å². The fourth-order valence-electron chi connectivity index (χ4n) is 2.16. The van der Waals surface area contributed by atoms with Crippen molar-refractivity contribution in [2.45, 2.75) is 33.1 Å². The van der Waals surface area contributed by atoms with Gasteiger partial charge in [0.1, 0.15) is 0 Å². The van der Waals surface area contributed by atoms with Gasteiger partial charge in [-0.3, -0.25) is 4.79 Å². The lowest BCUT2D eigenvalue weighted by atomic mass is 9.97. The van der Waals surface area contributed by atoms with E-state index in [4.69, 9.17) is 4.74 Å². The van der Waals surface area contributed by atoms with Crippen molar-refractivity contribution in [3.05, 3.63) is 0 Å². The largest absolute Gasteiger partial charge is 0.381 e. The summed E-state index contributed by atoms with van der Waals surface area (Å²) in [4.78, 5) is 13.9. The van der Waals surface area contributed by atoms with Crippen molar-refractivity contribution in [1.29, 1.82) is 0 Å². The third-order valence-electron chi connectivity index (χ3n) is 3.42. The molecule has 1 heterocycles. The number of carbonyl (C=O) groups excluding carboxylic acids is 1. The summed E-state index contributed by atoms with van der Waals surface area (Å²) in [6.07, 6.45) is 2.90. The number of nitrogens with one attached hydrogen (secondary N) is 1. The van der Waals surface area contributed by atoms with Crippen molar-refractivity contribution < 1.29 is 9.53 Å². The maximum Gasteiger partial charge on any atom is 0.222 e. The number of likely N-dealkylation sites (tertiary alicyclic amines) is 1. The van der Waals surface area contributed by atoms with Crippen LogP contribution in [0.4, 0.5) is 0 Å². The van der Waals surface area contributed by atoms with Crippen molar-refractivity contribution in [2.75, 3.05) is 39.4 Å². The molecule has 0 saturated carbocycles. The smallest absolute Gasteiger partial charge is 0.222 e. The van der Waals surface area contributed by atoms with E-state index in [-0.39, 0.29) is 5.91 Å². The zero-order valence-electron chi connectivity index (χ0n) is 11.2. The van der Waals surface area contributed by atoms with E-state index in [1.54, 1.807) is 0 Å². The molecule has 4 nitrogen and oxygen atoms in total. The average Bonchev–Trinajstić information content (AvgIpc) is 2.37. The molecule has 1 fully saturated rings. The zero-order valence-corrected chi connectivity index (χ0v) is 11.2. The molecule has 0 aromatic heterocycles.